The number of rotatable bonds is 2. The Morgan fingerprint density at radius 3 is 2.63 bits per heavy atom. The SMILES string of the molecule is O=C(NC1CC2CCC(C1)N2)c1ccc(Br)cc1Cl. The molecule has 2 aliphatic rings. The molecule has 1 aromatic rings. The first-order valence-corrected chi connectivity index (χ1v) is 7.81. The molecule has 5 heteroatoms. The Labute approximate surface area is 126 Å². The Morgan fingerprint density at radius 1 is 1.32 bits per heavy atom. The summed E-state index contributed by atoms with van der Waals surface area (Å²) in [4.78, 5) is 12.2. The van der Waals surface area contributed by atoms with Crippen LogP contribution in [0.3, 0.4) is 0 Å². The highest BCUT2D eigenvalue weighted by molar-refractivity contribution is 9.10. The summed E-state index contributed by atoms with van der Waals surface area (Å²) in [5, 5.41) is 7.18. The molecule has 3 nitrogen and oxygen atoms in total. The molecule has 2 atom stereocenters. The summed E-state index contributed by atoms with van der Waals surface area (Å²) in [5.41, 5.74) is 0.552. The monoisotopic (exact) mass is 342 g/mol. The quantitative estimate of drug-likeness (QED) is 0.866. The summed E-state index contributed by atoms with van der Waals surface area (Å²) in [6.45, 7) is 0. The average Bonchev–Trinajstić information content (AvgIpc) is 2.68. The maximum atomic E-state index is 12.2. The highest BCUT2D eigenvalue weighted by atomic mass is 79.9. The maximum Gasteiger partial charge on any atom is 0.253 e. The fourth-order valence-corrected chi connectivity index (χ4v) is 3.87. The highest BCUT2D eigenvalue weighted by Crippen LogP contribution is 2.27. The van der Waals surface area contributed by atoms with E-state index in [1.807, 2.05) is 6.07 Å². The van der Waals surface area contributed by atoms with Gasteiger partial charge in [-0.2, -0.15) is 0 Å². The molecule has 19 heavy (non-hydrogen) atoms. The molecule has 2 fully saturated rings. The zero-order valence-corrected chi connectivity index (χ0v) is 12.8. The number of carbonyl (C=O) groups is 1. The van der Waals surface area contributed by atoms with Crippen LogP contribution >= 0.6 is 27.5 Å². The second-order valence-corrected chi connectivity index (χ2v) is 6.73. The lowest BCUT2D eigenvalue weighted by atomic mass is 9.99. The van der Waals surface area contributed by atoms with Crippen LogP contribution < -0.4 is 10.6 Å². The van der Waals surface area contributed by atoms with Crippen molar-refractivity contribution >= 4 is 33.4 Å². The Morgan fingerprint density at radius 2 is 2.00 bits per heavy atom. The largest absolute Gasteiger partial charge is 0.349 e. The molecule has 1 aromatic carbocycles. The Hall–Kier alpha value is -0.580. The van der Waals surface area contributed by atoms with E-state index in [1.54, 1.807) is 12.1 Å². The van der Waals surface area contributed by atoms with Gasteiger partial charge in [-0.3, -0.25) is 4.79 Å². The van der Waals surface area contributed by atoms with Crippen molar-refractivity contribution in [2.75, 3.05) is 0 Å². The lowest BCUT2D eigenvalue weighted by Gasteiger charge is -2.29. The summed E-state index contributed by atoms with van der Waals surface area (Å²) in [6, 6.07) is 6.77. The molecular weight excluding hydrogens is 328 g/mol. The molecule has 0 aromatic heterocycles. The molecule has 3 rings (SSSR count). The van der Waals surface area contributed by atoms with E-state index in [0.717, 1.165) is 17.3 Å². The number of nitrogens with one attached hydrogen (secondary N) is 2. The zero-order valence-electron chi connectivity index (χ0n) is 10.5. The van der Waals surface area contributed by atoms with Crippen LogP contribution in [0.5, 0.6) is 0 Å². The van der Waals surface area contributed by atoms with Gasteiger partial charge in [-0.15, -0.1) is 0 Å². The van der Waals surface area contributed by atoms with E-state index in [0.29, 0.717) is 22.7 Å². The van der Waals surface area contributed by atoms with Gasteiger partial charge in [0.2, 0.25) is 0 Å². The van der Waals surface area contributed by atoms with E-state index in [9.17, 15) is 4.79 Å². The number of carbonyl (C=O) groups excluding carboxylic acids is 1. The first kappa shape index (κ1) is 13.4. The van der Waals surface area contributed by atoms with Crippen LogP contribution in [0.4, 0.5) is 0 Å². The first-order valence-electron chi connectivity index (χ1n) is 6.64. The second kappa shape index (κ2) is 5.43. The van der Waals surface area contributed by atoms with Crippen LogP contribution in [0.2, 0.25) is 5.02 Å². The molecule has 2 heterocycles. The van der Waals surface area contributed by atoms with Crippen molar-refractivity contribution in [3.05, 3.63) is 33.3 Å². The smallest absolute Gasteiger partial charge is 0.253 e. The molecule has 1 amide bonds. The number of amides is 1. The predicted molar refractivity (Wildman–Crippen MR) is 79.6 cm³/mol. The van der Waals surface area contributed by atoms with E-state index >= 15 is 0 Å². The summed E-state index contributed by atoms with van der Waals surface area (Å²) in [7, 11) is 0. The van der Waals surface area contributed by atoms with Crippen LogP contribution in [0.15, 0.2) is 22.7 Å². The van der Waals surface area contributed by atoms with Crippen molar-refractivity contribution in [1.82, 2.24) is 10.6 Å². The summed E-state index contributed by atoms with van der Waals surface area (Å²) in [6.07, 6.45) is 4.51. The Bertz CT molecular complexity index is 496. The van der Waals surface area contributed by atoms with E-state index in [1.165, 1.54) is 12.8 Å². The number of piperidine rings is 1. The first-order chi connectivity index (χ1) is 9.11. The number of hydrogen-bond acceptors (Lipinski definition) is 2. The van der Waals surface area contributed by atoms with Gasteiger partial charge in [0.25, 0.3) is 5.91 Å². The van der Waals surface area contributed by atoms with Crippen LogP contribution in [-0.4, -0.2) is 24.0 Å². The summed E-state index contributed by atoms with van der Waals surface area (Å²) >= 11 is 9.45. The van der Waals surface area contributed by atoms with Gasteiger partial charge in [-0.05, 0) is 43.9 Å². The molecule has 102 valence electrons. The van der Waals surface area contributed by atoms with E-state index < -0.39 is 0 Å². The van der Waals surface area contributed by atoms with Gasteiger partial charge in [0.1, 0.15) is 0 Å². The molecule has 2 unspecified atom stereocenters. The molecule has 2 N–H and O–H groups in total. The van der Waals surface area contributed by atoms with Gasteiger partial charge < -0.3 is 10.6 Å². The van der Waals surface area contributed by atoms with Crippen molar-refractivity contribution in [3.8, 4) is 0 Å². The minimum atomic E-state index is -0.0659. The third-order valence-electron chi connectivity index (χ3n) is 3.98. The van der Waals surface area contributed by atoms with Crippen LogP contribution in [0, 0.1) is 0 Å². The fourth-order valence-electron chi connectivity index (χ4n) is 3.11. The van der Waals surface area contributed by atoms with E-state index in [4.69, 9.17) is 11.6 Å². The molecule has 0 spiro atoms. The topological polar surface area (TPSA) is 41.1 Å². The van der Waals surface area contributed by atoms with Crippen molar-refractivity contribution in [1.29, 1.82) is 0 Å². The highest BCUT2D eigenvalue weighted by Gasteiger charge is 2.34. The predicted octanol–water partition coefficient (Wildman–Crippen LogP) is 3.12. The van der Waals surface area contributed by atoms with E-state index in [-0.39, 0.29) is 11.9 Å². The van der Waals surface area contributed by atoms with Crippen molar-refractivity contribution in [2.45, 2.75) is 43.8 Å². The van der Waals surface area contributed by atoms with Gasteiger partial charge in [-0.1, -0.05) is 27.5 Å². The van der Waals surface area contributed by atoms with Crippen LogP contribution in [-0.2, 0) is 0 Å². The minimum Gasteiger partial charge on any atom is -0.349 e. The lowest BCUT2D eigenvalue weighted by molar-refractivity contribution is 0.0924. The zero-order chi connectivity index (χ0) is 13.4. The van der Waals surface area contributed by atoms with Crippen LogP contribution in [0.25, 0.3) is 0 Å². The normalized spacial score (nSPS) is 29.3. The third-order valence-corrected chi connectivity index (χ3v) is 4.79. The average molecular weight is 344 g/mol. The molecule has 0 aliphatic carbocycles. The second-order valence-electron chi connectivity index (χ2n) is 5.40. The molecule has 0 saturated carbocycles. The number of benzene rings is 1. The molecule has 2 saturated heterocycles. The van der Waals surface area contributed by atoms with E-state index in [2.05, 4.69) is 26.6 Å². The van der Waals surface area contributed by atoms with Crippen molar-refractivity contribution < 1.29 is 4.79 Å². The third kappa shape index (κ3) is 2.96. The van der Waals surface area contributed by atoms with Gasteiger partial charge in [0.05, 0.1) is 10.6 Å². The summed E-state index contributed by atoms with van der Waals surface area (Å²) < 4.78 is 0.883. The van der Waals surface area contributed by atoms with Crippen LogP contribution in [0.1, 0.15) is 36.0 Å². The standard InChI is InChI=1S/C14H16BrClN2O/c15-8-1-4-12(13(16)5-8)14(19)18-11-6-9-2-3-10(7-11)17-9/h1,4-5,9-11,17H,2-3,6-7H2,(H,18,19). The van der Waals surface area contributed by atoms with Gasteiger partial charge in [0.15, 0.2) is 0 Å². The summed E-state index contributed by atoms with van der Waals surface area (Å²) in [5.74, 6) is -0.0659. The number of fused-ring (bicyclic) bond motifs is 2. The number of hydrogen-bond donors (Lipinski definition) is 2. The van der Waals surface area contributed by atoms with Gasteiger partial charge >= 0.3 is 0 Å². The molecule has 2 bridgehead atoms. The maximum absolute atomic E-state index is 12.2. The minimum absolute atomic E-state index is 0.0659. The fraction of sp³-hybridized carbons (Fsp3) is 0.500. The molecular formula is C14H16BrClN2O. The van der Waals surface area contributed by atoms with Crippen molar-refractivity contribution in [3.63, 3.8) is 0 Å². The molecule has 2 aliphatic heterocycles. The Balaban J connectivity index is 1.68. The van der Waals surface area contributed by atoms with Gasteiger partial charge in [-0.25, -0.2) is 0 Å². The molecule has 0 radical (unpaired) electrons. The number of halogens is 2. The lowest BCUT2D eigenvalue weighted by Crippen LogP contribution is -2.48. The Kier molecular flexibility index (Phi) is 3.83. The van der Waals surface area contributed by atoms with Gasteiger partial charge in [0, 0.05) is 22.6 Å². The van der Waals surface area contributed by atoms with Crippen molar-refractivity contribution in [2.24, 2.45) is 0 Å².